The number of halogens is 2. The summed E-state index contributed by atoms with van der Waals surface area (Å²) in [5, 5.41) is 10.2. The molecule has 0 saturated heterocycles. The molecule has 0 heterocycles. The first-order valence-electron chi connectivity index (χ1n) is 6.75. The highest BCUT2D eigenvalue weighted by molar-refractivity contribution is 9.10. The van der Waals surface area contributed by atoms with Gasteiger partial charge < -0.3 is 20.3 Å². The summed E-state index contributed by atoms with van der Waals surface area (Å²) in [4.78, 5) is 0. The lowest BCUT2D eigenvalue weighted by Crippen LogP contribution is -2.27. The fraction of sp³-hybridized carbons (Fsp3) is 0.600. The van der Waals surface area contributed by atoms with Gasteiger partial charge in [0.1, 0.15) is 0 Å². The van der Waals surface area contributed by atoms with E-state index in [1.165, 1.54) is 0 Å². The SMILES string of the molecule is COc1cc(Br)c([C@H](N)[C@H](O)CCC(C)C)cc1OC.Cl. The van der Waals surface area contributed by atoms with Crippen LogP contribution < -0.4 is 15.2 Å². The third-order valence-electron chi connectivity index (χ3n) is 3.32. The fourth-order valence-electron chi connectivity index (χ4n) is 2.02. The van der Waals surface area contributed by atoms with Crippen LogP contribution in [0.3, 0.4) is 0 Å². The molecule has 0 aromatic heterocycles. The number of aliphatic hydroxyl groups is 1. The first kappa shape index (κ1) is 20.5. The van der Waals surface area contributed by atoms with E-state index >= 15 is 0 Å². The first-order valence-corrected chi connectivity index (χ1v) is 7.55. The van der Waals surface area contributed by atoms with Gasteiger partial charge in [-0.25, -0.2) is 0 Å². The normalized spacial score (nSPS) is 13.5. The van der Waals surface area contributed by atoms with Crippen LogP contribution in [0.15, 0.2) is 16.6 Å². The van der Waals surface area contributed by atoms with E-state index < -0.39 is 12.1 Å². The molecule has 0 spiro atoms. The predicted molar refractivity (Wildman–Crippen MR) is 91.5 cm³/mol. The van der Waals surface area contributed by atoms with Gasteiger partial charge in [-0.05, 0) is 36.5 Å². The van der Waals surface area contributed by atoms with Crippen molar-refractivity contribution in [2.75, 3.05) is 14.2 Å². The van der Waals surface area contributed by atoms with E-state index in [0.29, 0.717) is 23.8 Å². The Morgan fingerprint density at radius 1 is 1.14 bits per heavy atom. The Hall–Kier alpha value is -0.490. The van der Waals surface area contributed by atoms with Crippen molar-refractivity contribution in [1.82, 2.24) is 0 Å². The van der Waals surface area contributed by atoms with Crippen molar-refractivity contribution in [1.29, 1.82) is 0 Å². The van der Waals surface area contributed by atoms with Crippen LogP contribution in [-0.2, 0) is 0 Å². The summed E-state index contributed by atoms with van der Waals surface area (Å²) in [6, 6.07) is 3.16. The van der Waals surface area contributed by atoms with Crippen LogP contribution in [0, 0.1) is 5.92 Å². The summed E-state index contributed by atoms with van der Waals surface area (Å²) in [6.45, 7) is 4.26. The van der Waals surface area contributed by atoms with E-state index in [-0.39, 0.29) is 12.4 Å². The van der Waals surface area contributed by atoms with Crippen molar-refractivity contribution in [3.05, 3.63) is 22.2 Å². The number of hydrogen-bond acceptors (Lipinski definition) is 4. The molecule has 0 unspecified atom stereocenters. The quantitative estimate of drug-likeness (QED) is 0.755. The molecule has 21 heavy (non-hydrogen) atoms. The zero-order valence-corrected chi connectivity index (χ0v) is 15.3. The number of ether oxygens (including phenoxy) is 2. The molecule has 1 rings (SSSR count). The van der Waals surface area contributed by atoms with Crippen LogP contribution in [0.1, 0.15) is 38.3 Å². The van der Waals surface area contributed by atoms with E-state index in [2.05, 4.69) is 29.8 Å². The minimum atomic E-state index is -0.577. The molecule has 0 amide bonds. The third-order valence-corrected chi connectivity index (χ3v) is 4.00. The molecule has 1 aromatic rings. The monoisotopic (exact) mass is 381 g/mol. The highest BCUT2D eigenvalue weighted by atomic mass is 79.9. The molecule has 1 aromatic carbocycles. The summed E-state index contributed by atoms with van der Waals surface area (Å²) < 4.78 is 11.3. The molecule has 0 fully saturated rings. The lowest BCUT2D eigenvalue weighted by atomic mass is 9.96. The summed E-state index contributed by atoms with van der Waals surface area (Å²) in [5.74, 6) is 1.79. The number of nitrogens with two attached hydrogens (primary N) is 1. The zero-order chi connectivity index (χ0) is 15.3. The molecule has 0 aliphatic rings. The number of aliphatic hydroxyl groups excluding tert-OH is 1. The zero-order valence-electron chi connectivity index (χ0n) is 12.9. The van der Waals surface area contributed by atoms with E-state index in [1.54, 1.807) is 14.2 Å². The molecule has 0 aliphatic heterocycles. The molecule has 0 radical (unpaired) electrons. The maximum atomic E-state index is 10.2. The molecule has 0 saturated carbocycles. The highest BCUT2D eigenvalue weighted by Gasteiger charge is 2.21. The first-order chi connectivity index (χ1) is 9.40. The van der Waals surface area contributed by atoms with Crippen LogP contribution in [0.2, 0.25) is 0 Å². The molecule has 0 bridgehead atoms. The van der Waals surface area contributed by atoms with Gasteiger partial charge in [0.25, 0.3) is 0 Å². The van der Waals surface area contributed by atoms with Crippen LogP contribution >= 0.6 is 28.3 Å². The van der Waals surface area contributed by atoms with Gasteiger partial charge in [-0.3, -0.25) is 0 Å². The number of methoxy groups -OCH3 is 2. The van der Waals surface area contributed by atoms with Crippen molar-refractivity contribution in [2.45, 2.75) is 38.8 Å². The minimum absolute atomic E-state index is 0. The summed E-state index contributed by atoms with van der Waals surface area (Å²) >= 11 is 3.47. The van der Waals surface area contributed by atoms with Crippen molar-refractivity contribution >= 4 is 28.3 Å². The molecular weight excluding hydrogens is 358 g/mol. The Balaban J connectivity index is 0.00000400. The molecular formula is C15H25BrClNO3. The van der Waals surface area contributed by atoms with Gasteiger partial charge in [0, 0.05) is 4.47 Å². The van der Waals surface area contributed by atoms with Crippen molar-refractivity contribution in [3.63, 3.8) is 0 Å². The van der Waals surface area contributed by atoms with Crippen molar-refractivity contribution in [2.24, 2.45) is 11.7 Å². The van der Waals surface area contributed by atoms with Gasteiger partial charge in [0.2, 0.25) is 0 Å². The lowest BCUT2D eigenvalue weighted by molar-refractivity contribution is 0.128. The van der Waals surface area contributed by atoms with Gasteiger partial charge in [0.15, 0.2) is 11.5 Å². The van der Waals surface area contributed by atoms with Crippen molar-refractivity contribution in [3.8, 4) is 11.5 Å². The second kappa shape index (κ2) is 9.51. The minimum Gasteiger partial charge on any atom is -0.493 e. The number of benzene rings is 1. The number of hydrogen-bond donors (Lipinski definition) is 2. The largest absolute Gasteiger partial charge is 0.493 e. The van der Waals surface area contributed by atoms with Gasteiger partial charge in [-0.2, -0.15) is 0 Å². The molecule has 2 atom stereocenters. The Bertz CT molecular complexity index is 443. The van der Waals surface area contributed by atoms with E-state index in [4.69, 9.17) is 15.2 Å². The molecule has 0 aliphatic carbocycles. The van der Waals surface area contributed by atoms with Gasteiger partial charge in [-0.15, -0.1) is 12.4 Å². The van der Waals surface area contributed by atoms with E-state index in [0.717, 1.165) is 16.5 Å². The van der Waals surface area contributed by atoms with Gasteiger partial charge >= 0.3 is 0 Å². The topological polar surface area (TPSA) is 64.7 Å². The molecule has 122 valence electrons. The number of rotatable bonds is 7. The highest BCUT2D eigenvalue weighted by Crippen LogP contribution is 2.36. The predicted octanol–water partition coefficient (Wildman–Crippen LogP) is 3.69. The van der Waals surface area contributed by atoms with Crippen LogP contribution in [0.4, 0.5) is 0 Å². The van der Waals surface area contributed by atoms with E-state index in [1.807, 2.05) is 12.1 Å². The second-order valence-electron chi connectivity index (χ2n) is 5.29. The fourth-order valence-corrected chi connectivity index (χ4v) is 2.60. The maximum absolute atomic E-state index is 10.2. The molecule has 3 N–H and O–H groups in total. The van der Waals surface area contributed by atoms with Gasteiger partial charge in [-0.1, -0.05) is 29.8 Å². The smallest absolute Gasteiger partial charge is 0.161 e. The Morgan fingerprint density at radius 3 is 2.14 bits per heavy atom. The van der Waals surface area contributed by atoms with Crippen LogP contribution in [0.25, 0.3) is 0 Å². The standard InChI is InChI=1S/C15H24BrNO3.ClH/c1-9(2)5-6-12(18)15(17)10-7-13(19-3)14(20-4)8-11(10)16;/h7-9,12,15,18H,5-6,17H2,1-4H3;1H/t12-,15+;/m1./s1. The summed E-state index contributed by atoms with van der Waals surface area (Å²) in [6.07, 6.45) is 1.05. The maximum Gasteiger partial charge on any atom is 0.161 e. The Kier molecular flexibility index (Phi) is 9.29. The Labute approximate surface area is 141 Å². The molecule has 6 heteroatoms. The van der Waals surface area contributed by atoms with Crippen LogP contribution in [-0.4, -0.2) is 25.4 Å². The third kappa shape index (κ3) is 5.66. The summed E-state index contributed by atoms with van der Waals surface area (Å²) in [5.41, 5.74) is 6.98. The van der Waals surface area contributed by atoms with E-state index in [9.17, 15) is 5.11 Å². The summed E-state index contributed by atoms with van der Waals surface area (Å²) in [7, 11) is 3.16. The van der Waals surface area contributed by atoms with Crippen molar-refractivity contribution < 1.29 is 14.6 Å². The molecule has 4 nitrogen and oxygen atoms in total. The lowest BCUT2D eigenvalue weighted by Gasteiger charge is -2.22. The van der Waals surface area contributed by atoms with Crippen LogP contribution in [0.5, 0.6) is 11.5 Å². The average Bonchev–Trinajstić information content (AvgIpc) is 2.43. The Morgan fingerprint density at radius 2 is 1.67 bits per heavy atom. The second-order valence-corrected chi connectivity index (χ2v) is 6.15. The van der Waals surface area contributed by atoms with Gasteiger partial charge in [0.05, 0.1) is 26.4 Å². The average molecular weight is 383 g/mol.